The monoisotopic (exact) mass is 340 g/mol. The van der Waals surface area contributed by atoms with E-state index in [4.69, 9.17) is 4.42 Å². The van der Waals surface area contributed by atoms with E-state index in [0.717, 1.165) is 4.90 Å². The number of carbonyl (C=O) groups is 1. The summed E-state index contributed by atoms with van der Waals surface area (Å²) in [5, 5.41) is 2.79. The molecule has 0 fully saturated rings. The number of hydrogen-bond donors (Lipinski definition) is 1. The van der Waals surface area contributed by atoms with Crippen molar-refractivity contribution in [1.82, 2.24) is 4.57 Å². The summed E-state index contributed by atoms with van der Waals surface area (Å²) in [6, 6.07) is 15.8. The van der Waals surface area contributed by atoms with Crippen LogP contribution in [0.3, 0.4) is 0 Å². The quantitative estimate of drug-likeness (QED) is 0.723. The van der Waals surface area contributed by atoms with Crippen molar-refractivity contribution >= 4 is 23.4 Å². The molecule has 0 saturated heterocycles. The van der Waals surface area contributed by atoms with Gasteiger partial charge in [-0.3, -0.25) is 9.59 Å². The average Bonchev–Trinajstić information content (AvgIpc) is 3.06. The lowest BCUT2D eigenvalue weighted by Gasteiger charge is -2.04. The average molecular weight is 340 g/mol. The number of anilines is 1. The highest BCUT2D eigenvalue weighted by Gasteiger charge is 2.12. The normalized spacial score (nSPS) is 10.5. The third kappa shape index (κ3) is 3.78. The zero-order valence-corrected chi connectivity index (χ0v) is 13.9. The van der Waals surface area contributed by atoms with Crippen LogP contribution in [-0.2, 0) is 6.54 Å². The minimum atomic E-state index is -0.321. The second kappa shape index (κ2) is 7.23. The molecular weight excluding hydrogens is 324 g/mol. The lowest BCUT2D eigenvalue weighted by Crippen LogP contribution is -2.18. The maximum Gasteiger partial charge on any atom is 0.291 e. The zero-order chi connectivity index (χ0) is 16.9. The molecule has 5 nitrogen and oxygen atoms in total. The molecule has 0 aliphatic heterocycles. The van der Waals surface area contributed by atoms with E-state index >= 15 is 0 Å². The number of amides is 1. The Morgan fingerprint density at radius 1 is 1.12 bits per heavy atom. The molecule has 0 bridgehead atoms. The molecule has 3 rings (SSSR count). The smallest absolute Gasteiger partial charge is 0.291 e. The summed E-state index contributed by atoms with van der Waals surface area (Å²) >= 11 is 1.64. The summed E-state index contributed by atoms with van der Waals surface area (Å²) in [5.41, 5.74) is 0.587. The summed E-state index contributed by atoms with van der Waals surface area (Å²) in [6.45, 7) is 0.287. The Morgan fingerprint density at radius 3 is 2.62 bits per heavy atom. The van der Waals surface area contributed by atoms with Crippen molar-refractivity contribution in [2.24, 2.45) is 0 Å². The van der Waals surface area contributed by atoms with Crippen molar-refractivity contribution < 1.29 is 9.21 Å². The predicted molar refractivity (Wildman–Crippen MR) is 94.7 cm³/mol. The van der Waals surface area contributed by atoms with Crippen LogP contribution in [0.1, 0.15) is 16.3 Å². The second-order valence-electron chi connectivity index (χ2n) is 5.12. The van der Waals surface area contributed by atoms with Crippen molar-refractivity contribution in [3.8, 4) is 0 Å². The number of furan rings is 1. The van der Waals surface area contributed by atoms with Gasteiger partial charge >= 0.3 is 0 Å². The van der Waals surface area contributed by atoms with Gasteiger partial charge in [-0.25, -0.2) is 0 Å². The van der Waals surface area contributed by atoms with Gasteiger partial charge < -0.3 is 14.3 Å². The minimum absolute atomic E-state index is 0.117. The number of thioether (sulfide) groups is 1. The fourth-order valence-electron chi connectivity index (χ4n) is 2.21. The molecular formula is C18H16N2O3S. The van der Waals surface area contributed by atoms with Gasteiger partial charge in [0.1, 0.15) is 5.76 Å². The van der Waals surface area contributed by atoms with Crippen LogP contribution in [0.25, 0.3) is 0 Å². The van der Waals surface area contributed by atoms with Crippen LogP contribution < -0.4 is 10.9 Å². The number of hydrogen-bond acceptors (Lipinski definition) is 4. The number of nitrogens with one attached hydrogen (secondary N) is 1. The number of pyridine rings is 1. The molecule has 3 aromatic rings. The molecule has 0 aliphatic rings. The lowest BCUT2D eigenvalue weighted by atomic mass is 10.3. The van der Waals surface area contributed by atoms with E-state index in [0.29, 0.717) is 11.4 Å². The third-order valence-corrected chi connectivity index (χ3v) is 4.20. The molecule has 0 saturated carbocycles. The molecule has 24 heavy (non-hydrogen) atoms. The van der Waals surface area contributed by atoms with Crippen LogP contribution >= 0.6 is 11.8 Å². The SMILES string of the molecule is CSc1ccc(NC(=O)c2ccc(Cn3ccccc3=O)o2)cc1. The maximum absolute atomic E-state index is 12.2. The van der Waals surface area contributed by atoms with Crippen LogP contribution in [-0.4, -0.2) is 16.7 Å². The van der Waals surface area contributed by atoms with Gasteiger partial charge in [0.15, 0.2) is 5.76 Å². The minimum Gasteiger partial charge on any atom is -0.454 e. The Morgan fingerprint density at radius 2 is 1.92 bits per heavy atom. The summed E-state index contributed by atoms with van der Waals surface area (Å²) in [5.74, 6) is 0.438. The highest BCUT2D eigenvalue weighted by Crippen LogP contribution is 2.18. The van der Waals surface area contributed by atoms with Crippen LogP contribution in [0.2, 0.25) is 0 Å². The molecule has 0 radical (unpaired) electrons. The molecule has 1 amide bonds. The molecule has 2 heterocycles. The molecule has 6 heteroatoms. The van der Waals surface area contributed by atoms with Crippen molar-refractivity contribution in [2.45, 2.75) is 11.4 Å². The summed E-state index contributed by atoms with van der Waals surface area (Å²) in [7, 11) is 0. The Kier molecular flexibility index (Phi) is 4.86. The molecule has 0 atom stereocenters. The number of nitrogens with zero attached hydrogens (tertiary/aromatic N) is 1. The lowest BCUT2D eigenvalue weighted by molar-refractivity contribution is 0.0994. The van der Waals surface area contributed by atoms with Crippen LogP contribution in [0.15, 0.2) is 74.9 Å². The van der Waals surface area contributed by atoms with Crippen LogP contribution in [0.4, 0.5) is 5.69 Å². The molecule has 1 aromatic carbocycles. The van der Waals surface area contributed by atoms with Crippen LogP contribution in [0, 0.1) is 0 Å². The first-order valence-corrected chi connectivity index (χ1v) is 8.58. The maximum atomic E-state index is 12.2. The van der Waals surface area contributed by atoms with Gasteiger partial charge in [0.2, 0.25) is 0 Å². The Labute approximate surface area is 143 Å². The molecule has 0 unspecified atom stereocenters. The molecule has 0 spiro atoms. The second-order valence-corrected chi connectivity index (χ2v) is 6.00. The van der Waals surface area contributed by atoms with E-state index in [1.54, 1.807) is 42.2 Å². The Balaban J connectivity index is 1.69. The molecule has 1 N–H and O–H groups in total. The first kappa shape index (κ1) is 16.1. The van der Waals surface area contributed by atoms with Crippen molar-refractivity contribution in [1.29, 1.82) is 0 Å². The van der Waals surface area contributed by atoms with Gasteiger partial charge in [-0.15, -0.1) is 11.8 Å². The van der Waals surface area contributed by atoms with Gasteiger partial charge in [0.25, 0.3) is 11.5 Å². The van der Waals surface area contributed by atoms with E-state index in [2.05, 4.69) is 5.32 Å². The van der Waals surface area contributed by atoms with Gasteiger partial charge in [0, 0.05) is 22.8 Å². The van der Waals surface area contributed by atoms with Gasteiger partial charge in [-0.1, -0.05) is 6.07 Å². The van der Waals surface area contributed by atoms with Crippen molar-refractivity contribution in [2.75, 3.05) is 11.6 Å². The van der Waals surface area contributed by atoms with Gasteiger partial charge in [-0.2, -0.15) is 0 Å². The highest BCUT2D eigenvalue weighted by molar-refractivity contribution is 7.98. The standard InChI is InChI=1S/C18H16N2O3S/c1-24-15-8-5-13(6-9-15)19-18(22)16-10-7-14(23-16)12-20-11-3-2-4-17(20)21/h2-11H,12H2,1H3,(H,19,22). The number of rotatable bonds is 5. The van der Waals surface area contributed by atoms with E-state index in [1.807, 2.05) is 30.5 Å². The highest BCUT2D eigenvalue weighted by atomic mass is 32.2. The zero-order valence-electron chi connectivity index (χ0n) is 13.1. The Hall–Kier alpha value is -2.73. The largest absolute Gasteiger partial charge is 0.454 e. The topological polar surface area (TPSA) is 64.2 Å². The molecule has 0 aliphatic carbocycles. The number of aromatic nitrogens is 1. The number of benzene rings is 1. The first-order valence-electron chi connectivity index (χ1n) is 7.35. The fraction of sp³-hybridized carbons (Fsp3) is 0.111. The van der Waals surface area contributed by atoms with Gasteiger partial charge in [-0.05, 0) is 48.7 Å². The first-order chi connectivity index (χ1) is 11.7. The molecule has 122 valence electrons. The third-order valence-electron chi connectivity index (χ3n) is 3.46. The Bertz CT molecular complexity index is 897. The summed E-state index contributed by atoms with van der Waals surface area (Å²) in [4.78, 5) is 25.0. The number of carbonyl (C=O) groups excluding carboxylic acids is 1. The van der Waals surface area contributed by atoms with Crippen LogP contribution in [0.5, 0.6) is 0 Å². The van der Waals surface area contributed by atoms with E-state index < -0.39 is 0 Å². The predicted octanol–water partition coefficient (Wildman–Crippen LogP) is 3.46. The van der Waals surface area contributed by atoms with Gasteiger partial charge in [0.05, 0.1) is 6.54 Å². The van der Waals surface area contributed by atoms with Crippen molar-refractivity contribution in [3.63, 3.8) is 0 Å². The molecule has 2 aromatic heterocycles. The van der Waals surface area contributed by atoms with Crippen molar-refractivity contribution in [3.05, 3.63) is 82.7 Å². The fourth-order valence-corrected chi connectivity index (χ4v) is 2.62. The van der Waals surface area contributed by atoms with E-state index in [9.17, 15) is 9.59 Å². The van der Waals surface area contributed by atoms with E-state index in [-0.39, 0.29) is 23.8 Å². The summed E-state index contributed by atoms with van der Waals surface area (Å²) < 4.78 is 7.06. The summed E-state index contributed by atoms with van der Waals surface area (Å²) in [6.07, 6.45) is 3.67. The van der Waals surface area contributed by atoms with E-state index in [1.165, 1.54) is 10.6 Å².